The van der Waals surface area contributed by atoms with E-state index in [9.17, 15) is 0 Å². The van der Waals surface area contributed by atoms with Crippen molar-refractivity contribution in [3.63, 3.8) is 0 Å². The Hall–Kier alpha value is -3.13. The van der Waals surface area contributed by atoms with E-state index in [1.165, 1.54) is 0 Å². The molecule has 0 atom stereocenters. The first-order chi connectivity index (χ1) is 9.72. The van der Waals surface area contributed by atoms with E-state index in [0.717, 1.165) is 16.8 Å². The van der Waals surface area contributed by atoms with Gasteiger partial charge < -0.3 is 5.73 Å². The van der Waals surface area contributed by atoms with Crippen LogP contribution < -0.4 is 11.2 Å². The van der Waals surface area contributed by atoms with E-state index in [0.29, 0.717) is 0 Å². The Morgan fingerprint density at radius 2 is 1.75 bits per heavy atom. The third-order valence-electron chi connectivity index (χ3n) is 2.66. The molecule has 0 spiro atoms. The number of para-hydroxylation sites is 1. The smallest absolute Gasteiger partial charge is 0.201 e. The maximum atomic E-state index is 8.82. The molecule has 2 aromatic rings. The topological polar surface area (TPSA) is 98.0 Å². The SMILES string of the molecule is N#C/C(=N\Nc1ccccc1-c1ccccc1)C(=N)N. The van der Waals surface area contributed by atoms with Crippen molar-refractivity contribution >= 4 is 17.2 Å². The number of nitriles is 1. The Morgan fingerprint density at radius 1 is 1.10 bits per heavy atom. The van der Waals surface area contributed by atoms with Gasteiger partial charge in [-0.05, 0) is 11.6 Å². The molecular formula is C15H13N5. The van der Waals surface area contributed by atoms with Gasteiger partial charge >= 0.3 is 0 Å². The van der Waals surface area contributed by atoms with Crippen LogP contribution in [0.2, 0.25) is 0 Å². The van der Waals surface area contributed by atoms with Gasteiger partial charge in [-0.1, -0.05) is 48.5 Å². The van der Waals surface area contributed by atoms with E-state index in [4.69, 9.17) is 16.4 Å². The number of hydrogen-bond acceptors (Lipinski definition) is 4. The van der Waals surface area contributed by atoms with E-state index >= 15 is 0 Å². The van der Waals surface area contributed by atoms with Gasteiger partial charge in [0, 0.05) is 5.56 Å². The number of nitrogens with zero attached hydrogens (tertiary/aromatic N) is 2. The van der Waals surface area contributed by atoms with E-state index in [1.807, 2.05) is 54.6 Å². The highest BCUT2D eigenvalue weighted by atomic mass is 15.3. The predicted octanol–water partition coefficient (Wildman–Crippen LogP) is 2.58. The Labute approximate surface area is 116 Å². The molecule has 0 fully saturated rings. The zero-order valence-electron chi connectivity index (χ0n) is 10.7. The average Bonchev–Trinajstić information content (AvgIpc) is 2.49. The predicted molar refractivity (Wildman–Crippen MR) is 80.5 cm³/mol. The standard InChI is InChI=1S/C15H13N5/c16-10-14(15(17)18)20-19-13-9-5-4-8-12(13)11-6-2-1-3-7-11/h1-9,19H,(H3,17,18)/b20-14+. The summed E-state index contributed by atoms with van der Waals surface area (Å²) in [5.74, 6) is -0.364. The average molecular weight is 263 g/mol. The molecule has 0 heterocycles. The first-order valence-corrected chi connectivity index (χ1v) is 5.95. The molecule has 2 aromatic carbocycles. The number of amidine groups is 1. The quantitative estimate of drug-likeness (QED) is 0.449. The van der Waals surface area contributed by atoms with Crippen molar-refractivity contribution in [1.29, 1.82) is 10.7 Å². The first kappa shape index (κ1) is 13.3. The van der Waals surface area contributed by atoms with Crippen molar-refractivity contribution in [2.24, 2.45) is 10.8 Å². The van der Waals surface area contributed by atoms with E-state index in [1.54, 1.807) is 6.07 Å². The molecule has 0 aliphatic rings. The summed E-state index contributed by atoms with van der Waals surface area (Å²) in [5, 5.41) is 19.9. The molecule has 98 valence electrons. The third kappa shape index (κ3) is 3.00. The lowest BCUT2D eigenvalue weighted by Gasteiger charge is -2.09. The lowest BCUT2D eigenvalue weighted by atomic mass is 10.0. The number of nitrogens with two attached hydrogens (primary N) is 1. The number of anilines is 1. The minimum absolute atomic E-state index is 0.145. The summed E-state index contributed by atoms with van der Waals surface area (Å²) < 4.78 is 0. The first-order valence-electron chi connectivity index (χ1n) is 5.95. The second-order valence-corrected chi connectivity index (χ2v) is 4.01. The van der Waals surface area contributed by atoms with Gasteiger partial charge in [0.15, 0.2) is 5.84 Å². The van der Waals surface area contributed by atoms with Gasteiger partial charge in [0.05, 0.1) is 5.69 Å². The van der Waals surface area contributed by atoms with Crippen LogP contribution in [0.5, 0.6) is 0 Å². The fourth-order valence-electron chi connectivity index (χ4n) is 1.71. The van der Waals surface area contributed by atoms with E-state index in [-0.39, 0.29) is 11.5 Å². The molecule has 2 rings (SSSR count). The Kier molecular flexibility index (Phi) is 4.10. The summed E-state index contributed by atoms with van der Waals surface area (Å²) in [6.07, 6.45) is 0. The highest BCUT2D eigenvalue weighted by molar-refractivity contribution is 6.45. The molecule has 0 unspecified atom stereocenters. The monoisotopic (exact) mass is 263 g/mol. The van der Waals surface area contributed by atoms with Crippen molar-refractivity contribution in [2.75, 3.05) is 5.43 Å². The van der Waals surface area contributed by atoms with Crippen molar-refractivity contribution < 1.29 is 0 Å². The largest absolute Gasteiger partial charge is 0.382 e. The number of benzene rings is 2. The highest BCUT2D eigenvalue weighted by Gasteiger charge is 2.05. The van der Waals surface area contributed by atoms with Gasteiger partial charge in [-0.25, -0.2) is 0 Å². The Morgan fingerprint density at radius 3 is 2.40 bits per heavy atom. The Bertz CT molecular complexity index is 683. The molecular weight excluding hydrogens is 250 g/mol. The second-order valence-electron chi connectivity index (χ2n) is 4.01. The van der Waals surface area contributed by atoms with Crippen LogP contribution in [0.4, 0.5) is 5.69 Å². The normalized spacial score (nSPS) is 10.7. The fraction of sp³-hybridized carbons (Fsp3) is 0. The summed E-state index contributed by atoms with van der Waals surface area (Å²) in [6, 6.07) is 19.2. The van der Waals surface area contributed by atoms with Crippen LogP contribution in [0.25, 0.3) is 11.1 Å². The van der Waals surface area contributed by atoms with Crippen molar-refractivity contribution in [3.8, 4) is 17.2 Å². The van der Waals surface area contributed by atoms with Gasteiger partial charge in [0.2, 0.25) is 5.71 Å². The minimum Gasteiger partial charge on any atom is -0.382 e. The van der Waals surface area contributed by atoms with Crippen LogP contribution in [-0.4, -0.2) is 11.5 Å². The third-order valence-corrected chi connectivity index (χ3v) is 2.66. The molecule has 0 aromatic heterocycles. The summed E-state index contributed by atoms with van der Waals surface area (Å²) in [5.41, 5.74) is 10.6. The van der Waals surface area contributed by atoms with Crippen LogP contribution in [0, 0.1) is 16.7 Å². The summed E-state index contributed by atoms with van der Waals surface area (Å²) in [4.78, 5) is 0. The zero-order chi connectivity index (χ0) is 14.4. The molecule has 5 nitrogen and oxygen atoms in total. The van der Waals surface area contributed by atoms with Crippen LogP contribution >= 0.6 is 0 Å². The van der Waals surface area contributed by atoms with Gasteiger partial charge in [0.1, 0.15) is 6.07 Å². The van der Waals surface area contributed by atoms with Crippen LogP contribution in [0.1, 0.15) is 0 Å². The lowest BCUT2D eigenvalue weighted by molar-refractivity contribution is 1.33. The summed E-state index contributed by atoms with van der Waals surface area (Å²) in [6.45, 7) is 0. The number of hydrogen-bond donors (Lipinski definition) is 3. The molecule has 0 saturated heterocycles. The number of rotatable bonds is 4. The van der Waals surface area contributed by atoms with E-state index in [2.05, 4.69) is 10.5 Å². The van der Waals surface area contributed by atoms with Crippen LogP contribution in [0.3, 0.4) is 0 Å². The summed E-state index contributed by atoms with van der Waals surface area (Å²) >= 11 is 0. The maximum Gasteiger partial charge on any atom is 0.201 e. The summed E-state index contributed by atoms with van der Waals surface area (Å²) in [7, 11) is 0. The Balaban J connectivity index is 2.35. The fourth-order valence-corrected chi connectivity index (χ4v) is 1.71. The van der Waals surface area contributed by atoms with Gasteiger partial charge in [0.25, 0.3) is 0 Å². The molecule has 20 heavy (non-hydrogen) atoms. The molecule has 0 amide bonds. The van der Waals surface area contributed by atoms with E-state index < -0.39 is 0 Å². The number of nitrogens with one attached hydrogen (secondary N) is 2. The molecule has 0 saturated carbocycles. The zero-order valence-corrected chi connectivity index (χ0v) is 10.7. The van der Waals surface area contributed by atoms with Crippen LogP contribution in [-0.2, 0) is 0 Å². The van der Waals surface area contributed by atoms with Gasteiger partial charge in [-0.15, -0.1) is 0 Å². The van der Waals surface area contributed by atoms with Crippen molar-refractivity contribution in [3.05, 3.63) is 54.6 Å². The van der Waals surface area contributed by atoms with Crippen LogP contribution in [0.15, 0.2) is 59.7 Å². The second kappa shape index (κ2) is 6.16. The van der Waals surface area contributed by atoms with Crippen molar-refractivity contribution in [2.45, 2.75) is 0 Å². The van der Waals surface area contributed by atoms with Crippen molar-refractivity contribution in [1.82, 2.24) is 0 Å². The molecule has 0 aliphatic heterocycles. The van der Waals surface area contributed by atoms with Gasteiger partial charge in [-0.3, -0.25) is 10.8 Å². The molecule has 0 bridgehead atoms. The highest BCUT2D eigenvalue weighted by Crippen LogP contribution is 2.27. The lowest BCUT2D eigenvalue weighted by Crippen LogP contribution is -2.21. The minimum atomic E-state index is -0.364. The molecule has 0 radical (unpaired) electrons. The molecule has 0 aliphatic carbocycles. The molecule has 5 heteroatoms. The maximum absolute atomic E-state index is 8.82. The van der Waals surface area contributed by atoms with Gasteiger partial charge in [-0.2, -0.15) is 10.4 Å². The molecule has 4 N–H and O–H groups in total. The number of hydrazone groups is 1.